The Morgan fingerprint density at radius 3 is 2.15 bits per heavy atom. The third-order valence-corrected chi connectivity index (χ3v) is 5.94. The van der Waals surface area contributed by atoms with E-state index >= 15 is 0 Å². The summed E-state index contributed by atoms with van der Waals surface area (Å²) in [6.45, 7) is 1.55. The summed E-state index contributed by atoms with van der Waals surface area (Å²) in [4.78, 5) is 38.6. The highest BCUT2D eigenvalue weighted by atomic mass is 16.5. The maximum atomic E-state index is 12.3. The number of methoxy groups -OCH3 is 3. The number of phenolic OH excluding ortho intramolecular Hbond substituents is 2. The minimum absolute atomic E-state index is 0.0803. The average molecular weight is 572 g/mol. The Morgan fingerprint density at radius 2 is 1.54 bits per heavy atom. The molecule has 12 heteroatoms. The van der Waals surface area contributed by atoms with Crippen LogP contribution < -0.4 is 19.6 Å². The maximum absolute atomic E-state index is 12.3. The van der Waals surface area contributed by atoms with Crippen LogP contribution in [0.3, 0.4) is 0 Å². The van der Waals surface area contributed by atoms with Crippen molar-refractivity contribution >= 4 is 29.0 Å². The fraction of sp³-hybridized carbons (Fsp3) is 0.345. The number of carbonyl (C=O) groups is 2. The van der Waals surface area contributed by atoms with Gasteiger partial charge in [0.15, 0.2) is 16.9 Å². The van der Waals surface area contributed by atoms with E-state index in [4.69, 9.17) is 28.1 Å². The van der Waals surface area contributed by atoms with Gasteiger partial charge in [0.05, 0.1) is 34.5 Å². The number of carbonyl (C=O) groups excluding carboxylic acids is 2. The molecule has 0 aliphatic carbocycles. The van der Waals surface area contributed by atoms with E-state index in [1.807, 2.05) is 11.9 Å². The molecule has 0 spiro atoms. The summed E-state index contributed by atoms with van der Waals surface area (Å²) in [5.41, 5.74) is -0.0786. The Morgan fingerprint density at radius 1 is 0.902 bits per heavy atom. The van der Waals surface area contributed by atoms with Crippen LogP contribution in [-0.2, 0) is 14.3 Å². The Kier molecular flexibility index (Phi) is 11.0. The second-order valence-corrected chi connectivity index (χ2v) is 8.92. The molecule has 1 aromatic heterocycles. The van der Waals surface area contributed by atoms with Crippen LogP contribution >= 0.6 is 0 Å². The molecule has 1 heterocycles. The Labute approximate surface area is 236 Å². The van der Waals surface area contributed by atoms with Gasteiger partial charge >= 0.3 is 11.9 Å². The first-order valence-corrected chi connectivity index (χ1v) is 12.7. The second kappa shape index (κ2) is 14.6. The first kappa shape index (κ1) is 30.8. The normalized spacial score (nSPS) is 11.1. The van der Waals surface area contributed by atoms with Crippen LogP contribution in [0.4, 0.5) is 0 Å². The van der Waals surface area contributed by atoms with Crippen LogP contribution in [0, 0.1) is 0 Å². The summed E-state index contributed by atoms with van der Waals surface area (Å²) < 4.78 is 31.7. The lowest BCUT2D eigenvalue weighted by molar-refractivity contribution is -0.137. The molecular formula is C29H33NO11. The van der Waals surface area contributed by atoms with Crippen LogP contribution in [0.25, 0.3) is 17.0 Å². The van der Waals surface area contributed by atoms with Gasteiger partial charge in [0, 0.05) is 37.4 Å². The Hall–Kier alpha value is -4.71. The molecule has 0 aliphatic rings. The highest BCUT2D eigenvalue weighted by molar-refractivity contribution is 5.91. The van der Waals surface area contributed by atoms with Gasteiger partial charge in [0.1, 0.15) is 22.5 Å². The molecule has 220 valence electrons. The van der Waals surface area contributed by atoms with Gasteiger partial charge in [-0.1, -0.05) is 0 Å². The number of aromatic hydroxyl groups is 2. The number of hydrogen-bond acceptors (Lipinski definition) is 12. The lowest BCUT2D eigenvalue weighted by atomic mass is 10.1. The lowest BCUT2D eigenvalue weighted by Gasteiger charge is -2.16. The van der Waals surface area contributed by atoms with E-state index in [1.165, 1.54) is 27.4 Å². The molecule has 0 atom stereocenters. The van der Waals surface area contributed by atoms with Crippen molar-refractivity contribution in [1.82, 2.24) is 4.90 Å². The SMILES string of the molecule is COc1cc(/C=C/C(=O)OCCCN(C)CCCOC(=O)c2cc(=O)c3c(O)cc(O)cc3o2)cc(OC)c1OC. The molecule has 3 aromatic rings. The van der Waals surface area contributed by atoms with Crippen molar-refractivity contribution in [3.05, 3.63) is 58.0 Å². The summed E-state index contributed by atoms with van der Waals surface area (Å²) in [5.74, 6) is -1.01. The third-order valence-electron chi connectivity index (χ3n) is 5.94. The zero-order chi connectivity index (χ0) is 29.9. The third kappa shape index (κ3) is 8.39. The zero-order valence-electron chi connectivity index (χ0n) is 23.3. The quantitative estimate of drug-likeness (QED) is 0.166. The van der Waals surface area contributed by atoms with Gasteiger partial charge in [0.25, 0.3) is 0 Å². The van der Waals surface area contributed by atoms with E-state index in [0.717, 1.165) is 18.2 Å². The zero-order valence-corrected chi connectivity index (χ0v) is 23.3. The Balaban J connectivity index is 1.37. The number of benzene rings is 2. The number of nitrogens with zero attached hydrogens (tertiary/aromatic N) is 1. The number of fused-ring (bicyclic) bond motifs is 1. The Bertz CT molecular complexity index is 1440. The molecule has 0 saturated heterocycles. The van der Waals surface area contributed by atoms with Gasteiger partial charge < -0.3 is 43.2 Å². The van der Waals surface area contributed by atoms with E-state index < -0.39 is 23.1 Å². The van der Waals surface area contributed by atoms with E-state index in [1.54, 1.807) is 18.2 Å². The van der Waals surface area contributed by atoms with E-state index in [-0.39, 0.29) is 35.7 Å². The molecule has 41 heavy (non-hydrogen) atoms. The van der Waals surface area contributed by atoms with Crippen LogP contribution in [0.2, 0.25) is 0 Å². The van der Waals surface area contributed by atoms with Crippen molar-refractivity contribution in [1.29, 1.82) is 0 Å². The summed E-state index contributed by atoms with van der Waals surface area (Å²) >= 11 is 0. The van der Waals surface area contributed by atoms with Gasteiger partial charge in [-0.25, -0.2) is 9.59 Å². The molecule has 12 nitrogen and oxygen atoms in total. The number of ether oxygens (including phenoxy) is 5. The van der Waals surface area contributed by atoms with Crippen LogP contribution in [0.5, 0.6) is 28.7 Å². The summed E-state index contributed by atoms with van der Waals surface area (Å²) in [5, 5.41) is 19.3. The van der Waals surface area contributed by atoms with Crippen molar-refractivity contribution in [2.24, 2.45) is 0 Å². The van der Waals surface area contributed by atoms with E-state index in [9.17, 15) is 24.6 Å². The topological polar surface area (TPSA) is 154 Å². The standard InChI is InChI=1S/C29H33NO11/c1-30(9-5-11-39-26(34)8-7-18-13-23(36-2)28(38-4)24(14-18)37-3)10-6-12-40-29(35)25-17-21(33)27-20(32)15-19(31)16-22(27)41-25/h7-8,13-17,31-32H,5-6,9-12H2,1-4H3/b8-7+. The van der Waals surface area contributed by atoms with Crippen molar-refractivity contribution in [2.45, 2.75) is 12.8 Å². The number of phenols is 2. The highest BCUT2D eigenvalue weighted by Crippen LogP contribution is 2.38. The molecule has 0 radical (unpaired) electrons. The molecule has 0 bridgehead atoms. The first-order valence-electron chi connectivity index (χ1n) is 12.7. The molecule has 0 unspecified atom stereocenters. The summed E-state index contributed by atoms with van der Waals surface area (Å²) in [7, 11) is 6.42. The smallest absolute Gasteiger partial charge is 0.374 e. The number of rotatable bonds is 14. The maximum Gasteiger partial charge on any atom is 0.374 e. The van der Waals surface area contributed by atoms with Gasteiger partial charge in [-0.15, -0.1) is 0 Å². The molecule has 0 saturated carbocycles. The predicted octanol–water partition coefficient (Wildman–Crippen LogP) is 3.36. The monoisotopic (exact) mass is 571 g/mol. The van der Waals surface area contributed by atoms with E-state index in [2.05, 4.69) is 0 Å². The predicted molar refractivity (Wildman–Crippen MR) is 149 cm³/mol. The van der Waals surface area contributed by atoms with Crippen LogP contribution in [-0.4, -0.2) is 81.7 Å². The molecule has 0 aliphatic heterocycles. The lowest BCUT2D eigenvalue weighted by Crippen LogP contribution is -2.23. The highest BCUT2D eigenvalue weighted by Gasteiger charge is 2.17. The van der Waals surface area contributed by atoms with Gasteiger partial charge in [-0.05, 0) is 43.7 Å². The molecule has 2 aromatic carbocycles. The first-order chi connectivity index (χ1) is 19.7. The summed E-state index contributed by atoms with van der Waals surface area (Å²) in [6.07, 6.45) is 4.03. The van der Waals surface area contributed by atoms with Crippen molar-refractivity contribution in [3.63, 3.8) is 0 Å². The van der Waals surface area contributed by atoms with Crippen molar-refractivity contribution in [3.8, 4) is 28.7 Å². The van der Waals surface area contributed by atoms with Crippen molar-refractivity contribution < 1.29 is 47.9 Å². The average Bonchev–Trinajstić information content (AvgIpc) is 2.94. The molecule has 3 rings (SSSR count). The van der Waals surface area contributed by atoms with Crippen LogP contribution in [0.1, 0.15) is 29.0 Å². The summed E-state index contributed by atoms with van der Waals surface area (Å²) in [6, 6.07) is 6.51. The minimum atomic E-state index is -0.832. The molecule has 2 N–H and O–H groups in total. The van der Waals surface area contributed by atoms with Gasteiger partial charge in [-0.3, -0.25) is 4.79 Å². The fourth-order valence-electron chi connectivity index (χ4n) is 3.95. The minimum Gasteiger partial charge on any atom is -0.508 e. The van der Waals surface area contributed by atoms with E-state index in [0.29, 0.717) is 48.7 Å². The molecule has 0 amide bonds. The van der Waals surface area contributed by atoms with Crippen LogP contribution in [0.15, 0.2) is 45.6 Å². The molecular weight excluding hydrogens is 538 g/mol. The van der Waals surface area contributed by atoms with Crippen molar-refractivity contribution in [2.75, 3.05) is 54.7 Å². The van der Waals surface area contributed by atoms with Gasteiger partial charge in [-0.2, -0.15) is 0 Å². The second-order valence-electron chi connectivity index (χ2n) is 8.92. The fourth-order valence-corrected chi connectivity index (χ4v) is 3.95. The number of esters is 2. The molecule has 0 fully saturated rings. The van der Waals surface area contributed by atoms with Gasteiger partial charge in [0.2, 0.25) is 11.5 Å². The largest absolute Gasteiger partial charge is 0.508 e. The number of hydrogen-bond donors (Lipinski definition) is 2.